The molecule has 4 aromatic rings. The van der Waals surface area contributed by atoms with Crippen LogP contribution in [-0.2, 0) is 6.42 Å². The number of urea groups is 1. The van der Waals surface area contributed by atoms with E-state index in [1.807, 2.05) is 63.2 Å². The molecule has 0 aliphatic carbocycles. The highest BCUT2D eigenvalue weighted by molar-refractivity contribution is 7.80. The molecule has 3 N–H and O–H groups in total. The fourth-order valence-electron chi connectivity index (χ4n) is 4.20. The Labute approximate surface area is 240 Å². The molecule has 3 aromatic carbocycles. The number of nitrogens with zero attached hydrogens (tertiary/aromatic N) is 4. The highest BCUT2D eigenvalue weighted by Gasteiger charge is 2.31. The van der Waals surface area contributed by atoms with E-state index in [1.165, 1.54) is 40.2 Å². The van der Waals surface area contributed by atoms with Crippen molar-refractivity contribution in [3.05, 3.63) is 89.7 Å². The van der Waals surface area contributed by atoms with Gasteiger partial charge in [0.25, 0.3) is 0 Å². The van der Waals surface area contributed by atoms with Crippen LogP contribution in [-0.4, -0.2) is 38.8 Å². The zero-order chi connectivity index (χ0) is 29.7. The van der Waals surface area contributed by atoms with Gasteiger partial charge in [-0.05, 0) is 78.5 Å². The first kappa shape index (κ1) is 29.5. The molecule has 1 heterocycles. The molecule has 0 atom stereocenters. The fraction of sp³-hybridized carbons (Fsp3) is 0.241. The SMILES string of the molecule is Cc1ccc(C(C)C)c(N(C(=O)NCCc2ccc(-c3ncn(-c4ccc(OC(F)(F)F)cc4)n3)cc2)C(N)=S)c1. The molecule has 0 aliphatic heterocycles. The number of alkyl halides is 3. The molecule has 0 radical (unpaired) electrons. The number of hydrogen-bond acceptors (Lipinski definition) is 5. The molecule has 8 nitrogen and oxygen atoms in total. The maximum atomic E-state index is 13.1. The smallest absolute Gasteiger partial charge is 0.406 e. The highest BCUT2D eigenvalue weighted by atomic mass is 32.1. The lowest BCUT2D eigenvalue weighted by Crippen LogP contribution is -2.47. The summed E-state index contributed by atoms with van der Waals surface area (Å²) in [5.41, 5.74) is 10.9. The zero-order valence-electron chi connectivity index (χ0n) is 22.6. The Hall–Kier alpha value is -4.45. The van der Waals surface area contributed by atoms with E-state index in [-0.39, 0.29) is 16.8 Å². The van der Waals surface area contributed by atoms with Crippen LogP contribution in [0.2, 0.25) is 0 Å². The average Bonchev–Trinajstić information content (AvgIpc) is 3.39. The summed E-state index contributed by atoms with van der Waals surface area (Å²) in [6, 6.07) is 18.4. The molecule has 0 bridgehead atoms. The van der Waals surface area contributed by atoms with Gasteiger partial charge in [-0.25, -0.2) is 19.4 Å². The molecule has 214 valence electrons. The van der Waals surface area contributed by atoms with Crippen molar-refractivity contribution in [2.24, 2.45) is 5.73 Å². The van der Waals surface area contributed by atoms with Crippen LogP contribution < -0.4 is 20.7 Å². The number of amides is 2. The number of aryl methyl sites for hydroxylation is 1. The van der Waals surface area contributed by atoms with Gasteiger partial charge in [0.2, 0.25) is 0 Å². The number of halogens is 3. The maximum Gasteiger partial charge on any atom is 0.573 e. The van der Waals surface area contributed by atoms with Crippen LogP contribution in [0, 0.1) is 6.92 Å². The van der Waals surface area contributed by atoms with Gasteiger partial charge in [-0.15, -0.1) is 18.3 Å². The van der Waals surface area contributed by atoms with Crippen molar-refractivity contribution in [1.29, 1.82) is 0 Å². The van der Waals surface area contributed by atoms with E-state index >= 15 is 0 Å². The maximum absolute atomic E-state index is 13.1. The fourth-order valence-corrected chi connectivity index (χ4v) is 4.38. The third-order valence-corrected chi connectivity index (χ3v) is 6.38. The first-order valence-corrected chi connectivity index (χ1v) is 13.2. The number of rotatable bonds is 8. The lowest BCUT2D eigenvalue weighted by molar-refractivity contribution is -0.274. The van der Waals surface area contributed by atoms with E-state index in [0.717, 1.165) is 22.3 Å². The molecular weight excluding hydrogens is 553 g/mol. The van der Waals surface area contributed by atoms with Gasteiger partial charge >= 0.3 is 12.4 Å². The lowest BCUT2D eigenvalue weighted by atomic mass is 9.99. The predicted octanol–water partition coefficient (Wildman–Crippen LogP) is 6.27. The molecule has 12 heteroatoms. The second kappa shape index (κ2) is 12.4. The van der Waals surface area contributed by atoms with Gasteiger partial charge in [0, 0.05) is 12.1 Å². The summed E-state index contributed by atoms with van der Waals surface area (Å²) >= 11 is 5.21. The molecule has 2 amide bonds. The van der Waals surface area contributed by atoms with Gasteiger partial charge in [0.15, 0.2) is 10.9 Å². The molecular formula is C29H29F3N6O2S. The van der Waals surface area contributed by atoms with Crippen LogP contribution in [0.25, 0.3) is 17.1 Å². The largest absolute Gasteiger partial charge is 0.573 e. The molecule has 0 saturated carbocycles. The number of nitrogens with two attached hydrogens (primary N) is 1. The number of thiocarbonyl (C=S) groups is 1. The van der Waals surface area contributed by atoms with Gasteiger partial charge in [-0.2, -0.15) is 0 Å². The number of ether oxygens (including phenoxy) is 1. The summed E-state index contributed by atoms with van der Waals surface area (Å²) in [6.07, 6.45) is -2.71. The van der Waals surface area contributed by atoms with E-state index < -0.39 is 12.4 Å². The summed E-state index contributed by atoms with van der Waals surface area (Å²) in [6.45, 7) is 6.39. The topological polar surface area (TPSA) is 98.3 Å². The van der Waals surface area contributed by atoms with Gasteiger partial charge in [0.05, 0.1) is 11.4 Å². The molecule has 0 unspecified atom stereocenters. The highest BCUT2D eigenvalue weighted by Crippen LogP contribution is 2.29. The number of aromatic nitrogens is 3. The third kappa shape index (κ3) is 7.60. The second-order valence-electron chi connectivity index (χ2n) is 9.62. The summed E-state index contributed by atoms with van der Waals surface area (Å²) in [5.74, 6) is 0.307. The van der Waals surface area contributed by atoms with E-state index in [1.54, 1.807) is 0 Å². The van der Waals surface area contributed by atoms with Gasteiger partial charge in [-0.1, -0.05) is 50.2 Å². The number of nitrogens with one attached hydrogen (secondary N) is 1. The van der Waals surface area contributed by atoms with Crippen molar-refractivity contribution in [2.45, 2.75) is 39.5 Å². The number of carbonyl (C=O) groups excluding carboxylic acids is 1. The third-order valence-electron chi connectivity index (χ3n) is 6.20. The minimum atomic E-state index is -4.75. The van der Waals surface area contributed by atoms with Crippen molar-refractivity contribution < 1.29 is 22.7 Å². The van der Waals surface area contributed by atoms with Crippen molar-refractivity contribution in [3.8, 4) is 22.8 Å². The summed E-state index contributed by atoms with van der Waals surface area (Å²) in [4.78, 5) is 18.7. The summed E-state index contributed by atoms with van der Waals surface area (Å²) in [7, 11) is 0. The van der Waals surface area contributed by atoms with E-state index in [9.17, 15) is 18.0 Å². The normalized spacial score (nSPS) is 11.4. The summed E-state index contributed by atoms with van der Waals surface area (Å²) < 4.78 is 42.5. The zero-order valence-corrected chi connectivity index (χ0v) is 23.5. The van der Waals surface area contributed by atoms with Crippen LogP contribution in [0.3, 0.4) is 0 Å². The van der Waals surface area contributed by atoms with Crippen molar-refractivity contribution in [1.82, 2.24) is 20.1 Å². The van der Waals surface area contributed by atoms with Gasteiger partial charge in [-0.3, -0.25) is 0 Å². The van der Waals surface area contributed by atoms with Crippen molar-refractivity contribution >= 4 is 29.0 Å². The lowest BCUT2D eigenvalue weighted by Gasteiger charge is -2.25. The first-order valence-electron chi connectivity index (χ1n) is 12.8. The minimum Gasteiger partial charge on any atom is -0.406 e. The number of carbonyl (C=O) groups is 1. The number of hydrogen-bond donors (Lipinski definition) is 2. The molecule has 41 heavy (non-hydrogen) atoms. The molecule has 0 spiro atoms. The van der Waals surface area contributed by atoms with Gasteiger partial charge < -0.3 is 15.8 Å². The molecule has 0 fully saturated rings. The molecule has 0 saturated heterocycles. The van der Waals surface area contributed by atoms with Crippen LogP contribution >= 0.6 is 12.2 Å². The van der Waals surface area contributed by atoms with Crippen molar-refractivity contribution in [3.63, 3.8) is 0 Å². The first-order chi connectivity index (χ1) is 19.4. The monoisotopic (exact) mass is 582 g/mol. The Kier molecular flexibility index (Phi) is 8.92. The Morgan fingerprint density at radius 3 is 2.39 bits per heavy atom. The average molecular weight is 583 g/mol. The quantitative estimate of drug-likeness (QED) is 0.238. The Morgan fingerprint density at radius 2 is 1.78 bits per heavy atom. The van der Waals surface area contributed by atoms with Crippen LogP contribution in [0.4, 0.5) is 23.7 Å². The minimum absolute atomic E-state index is 0.0307. The number of benzene rings is 3. The Bertz CT molecular complexity index is 1520. The number of anilines is 1. The standard InChI is InChI=1S/C29H29F3N6O2S/c1-18(2)24-13-4-19(3)16-25(24)38(27(33)41)28(39)34-15-14-20-5-7-21(8-6-20)26-35-17-37(36-26)22-9-11-23(12-10-22)40-29(30,31)32/h4-13,16-18H,14-15H2,1-3H3,(H2,33,41)(H,34,39). The molecule has 4 rings (SSSR count). The van der Waals surface area contributed by atoms with E-state index in [4.69, 9.17) is 18.0 Å². The molecule has 1 aromatic heterocycles. The van der Waals surface area contributed by atoms with E-state index in [2.05, 4.69) is 20.1 Å². The summed E-state index contributed by atoms with van der Waals surface area (Å²) in [5, 5.41) is 7.29. The second-order valence-corrected chi connectivity index (χ2v) is 10.0. The Balaban J connectivity index is 1.37. The molecule has 0 aliphatic rings. The van der Waals surface area contributed by atoms with Gasteiger partial charge in [0.1, 0.15) is 12.1 Å². The van der Waals surface area contributed by atoms with Crippen LogP contribution in [0.15, 0.2) is 73.1 Å². The van der Waals surface area contributed by atoms with Crippen LogP contribution in [0.5, 0.6) is 5.75 Å². The Morgan fingerprint density at radius 1 is 1.10 bits per heavy atom. The predicted molar refractivity (Wildman–Crippen MR) is 155 cm³/mol. The van der Waals surface area contributed by atoms with E-state index in [0.29, 0.717) is 30.2 Å². The van der Waals surface area contributed by atoms with Crippen molar-refractivity contribution in [2.75, 3.05) is 11.4 Å². The van der Waals surface area contributed by atoms with Crippen LogP contribution in [0.1, 0.15) is 36.5 Å².